The second-order valence-electron chi connectivity index (χ2n) is 4.73. The minimum atomic E-state index is 0.324. The molecule has 3 nitrogen and oxygen atoms in total. The number of nitrogens with zero attached hydrogens (tertiary/aromatic N) is 2. The van der Waals surface area contributed by atoms with Gasteiger partial charge in [-0.05, 0) is 18.5 Å². The van der Waals surface area contributed by atoms with Gasteiger partial charge in [-0.15, -0.1) is 0 Å². The first-order chi connectivity index (χ1) is 9.36. The van der Waals surface area contributed by atoms with Crippen molar-refractivity contribution in [3.8, 4) is 0 Å². The van der Waals surface area contributed by atoms with E-state index in [1.807, 2.05) is 6.20 Å². The van der Waals surface area contributed by atoms with Gasteiger partial charge in [0.15, 0.2) is 0 Å². The third-order valence-electron chi connectivity index (χ3n) is 3.33. The molecule has 0 saturated heterocycles. The molecule has 0 bridgehead atoms. The van der Waals surface area contributed by atoms with Crippen LogP contribution in [0.2, 0.25) is 0 Å². The number of benzene rings is 1. The zero-order valence-electron chi connectivity index (χ0n) is 11.8. The number of hydrogen-bond acceptors (Lipinski definition) is 2. The molecule has 2 rings (SSSR count). The molecule has 1 aromatic carbocycles. The normalized spacial score (nSPS) is 12.5. The number of likely N-dealkylation sites (N-methyl/N-ethyl adjacent to an activating group) is 1. The van der Waals surface area contributed by atoms with Crippen LogP contribution in [0.15, 0.2) is 42.7 Å². The molecule has 1 atom stereocenters. The van der Waals surface area contributed by atoms with E-state index in [0.717, 1.165) is 25.9 Å². The van der Waals surface area contributed by atoms with Crippen LogP contribution >= 0.6 is 0 Å². The van der Waals surface area contributed by atoms with E-state index in [-0.39, 0.29) is 0 Å². The zero-order valence-corrected chi connectivity index (χ0v) is 11.8. The van der Waals surface area contributed by atoms with Crippen LogP contribution in [0.1, 0.15) is 37.7 Å². The first-order valence-electron chi connectivity index (χ1n) is 7.14. The highest BCUT2D eigenvalue weighted by molar-refractivity contribution is 5.21. The predicted octanol–water partition coefficient (Wildman–Crippen LogP) is 3.03. The summed E-state index contributed by atoms with van der Waals surface area (Å²) < 4.78 is 2.31. The lowest BCUT2D eigenvalue weighted by atomic mass is 10.1. The second kappa shape index (κ2) is 7.10. The minimum Gasteiger partial charge on any atom is -0.326 e. The summed E-state index contributed by atoms with van der Waals surface area (Å²) in [7, 11) is 0. The molecule has 0 spiro atoms. The van der Waals surface area contributed by atoms with Crippen molar-refractivity contribution in [2.45, 2.75) is 32.7 Å². The van der Waals surface area contributed by atoms with Gasteiger partial charge in [-0.2, -0.15) is 0 Å². The standard InChI is InChI=1S/C16H23N3/c1-3-8-16-18-11-12-19(16)15(13-17-4-2)14-9-6-5-7-10-14/h5-7,9-12,15,17H,3-4,8,13H2,1-2H3. The van der Waals surface area contributed by atoms with E-state index in [9.17, 15) is 0 Å². The molecule has 1 N–H and O–H groups in total. The quantitative estimate of drug-likeness (QED) is 0.826. The Labute approximate surface area is 115 Å². The van der Waals surface area contributed by atoms with Gasteiger partial charge in [0, 0.05) is 25.4 Å². The van der Waals surface area contributed by atoms with Crippen molar-refractivity contribution < 1.29 is 0 Å². The molecule has 3 heteroatoms. The molecule has 0 aliphatic carbocycles. The highest BCUT2D eigenvalue weighted by Gasteiger charge is 2.15. The van der Waals surface area contributed by atoms with Crippen molar-refractivity contribution in [1.29, 1.82) is 0 Å². The molecule has 0 fully saturated rings. The summed E-state index contributed by atoms with van der Waals surface area (Å²) in [5.41, 5.74) is 1.33. The van der Waals surface area contributed by atoms with Gasteiger partial charge in [-0.3, -0.25) is 0 Å². The number of aryl methyl sites for hydroxylation is 1. The van der Waals surface area contributed by atoms with E-state index in [2.05, 4.69) is 65.2 Å². The van der Waals surface area contributed by atoms with Gasteiger partial charge in [0.2, 0.25) is 0 Å². The summed E-state index contributed by atoms with van der Waals surface area (Å²) >= 11 is 0. The Balaban J connectivity index is 2.29. The lowest BCUT2D eigenvalue weighted by molar-refractivity contribution is 0.511. The SMILES string of the molecule is CCCc1nccn1C(CNCC)c1ccccc1. The Morgan fingerprint density at radius 1 is 1.21 bits per heavy atom. The van der Waals surface area contributed by atoms with Crippen molar-refractivity contribution in [2.75, 3.05) is 13.1 Å². The Morgan fingerprint density at radius 2 is 2.00 bits per heavy atom. The summed E-state index contributed by atoms with van der Waals surface area (Å²) in [5, 5.41) is 3.46. The van der Waals surface area contributed by atoms with Crippen molar-refractivity contribution in [1.82, 2.24) is 14.9 Å². The van der Waals surface area contributed by atoms with Crippen molar-refractivity contribution in [3.05, 3.63) is 54.1 Å². The maximum absolute atomic E-state index is 4.50. The van der Waals surface area contributed by atoms with Gasteiger partial charge in [0.05, 0.1) is 6.04 Å². The van der Waals surface area contributed by atoms with E-state index in [0.29, 0.717) is 6.04 Å². The topological polar surface area (TPSA) is 29.9 Å². The molecule has 0 radical (unpaired) electrons. The highest BCUT2D eigenvalue weighted by Crippen LogP contribution is 2.19. The van der Waals surface area contributed by atoms with Gasteiger partial charge in [-0.25, -0.2) is 4.98 Å². The zero-order chi connectivity index (χ0) is 13.5. The Hall–Kier alpha value is -1.61. The molecule has 0 aliphatic heterocycles. The van der Waals surface area contributed by atoms with E-state index in [4.69, 9.17) is 0 Å². The molecule has 1 unspecified atom stereocenters. The monoisotopic (exact) mass is 257 g/mol. The van der Waals surface area contributed by atoms with E-state index in [1.165, 1.54) is 11.4 Å². The first-order valence-corrected chi connectivity index (χ1v) is 7.14. The fraction of sp³-hybridized carbons (Fsp3) is 0.438. The van der Waals surface area contributed by atoms with Gasteiger partial charge < -0.3 is 9.88 Å². The van der Waals surface area contributed by atoms with Crippen LogP contribution in [-0.2, 0) is 6.42 Å². The van der Waals surface area contributed by atoms with Crippen LogP contribution in [0.3, 0.4) is 0 Å². The lowest BCUT2D eigenvalue weighted by Gasteiger charge is -2.21. The van der Waals surface area contributed by atoms with Crippen LogP contribution < -0.4 is 5.32 Å². The van der Waals surface area contributed by atoms with Gasteiger partial charge in [0.25, 0.3) is 0 Å². The average Bonchev–Trinajstić information content (AvgIpc) is 2.89. The van der Waals surface area contributed by atoms with Crippen LogP contribution in [0.5, 0.6) is 0 Å². The number of aromatic nitrogens is 2. The van der Waals surface area contributed by atoms with E-state index >= 15 is 0 Å². The molecule has 19 heavy (non-hydrogen) atoms. The number of imidazole rings is 1. The Kier molecular flexibility index (Phi) is 5.16. The molecule has 1 aromatic heterocycles. The molecular weight excluding hydrogens is 234 g/mol. The first kappa shape index (κ1) is 13.8. The van der Waals surface area contributed by atoms with Crippen LogP contribution in [-0.4, -0.2) is 22.6 Å². The third-order valence-corrected chi connectivity index (χ3v) is 3.33. The number of rotatable bonds is 7. The number of nitrogens with one attached hydrogen (secondary N) is 1. The van der Waals surface area contributed by atoms with Crippen molar-refractivity contribution in [2.24, 2.45) is 0 Å². The maximum atomic E-state index is 4.50. The van der Waals surface area contributed by atoms with Gasteiger partial charge in [0.1, 0.15) is 5.82 Å². The third kappa shape index (κ3) is 3.44. The fourth-order valence-electron chi connectivity index (χ4n) is 2.38. The van der Waals surface area contributed by atoms with Crippen LogP contribution in [0, 0.1) is 0 Å². The molecule has 0 aliphatic rings. The molecular formula is C16H23N3. The summed E-state index contributed by atoms with van der Waals surface area (Å²) in [5.74, 6) is 1.18. The van der Waals surface area contributed by atoms with Crippen molar-refractivity contribution >= 4 is 0 Å². The minimum absolute atomic E-state index is 0.324. The summed E-state index contributed by atoms with van der Waals surface area (Å²) in [6.45, 7) is 6.26. The second-order valence-corrected chi connectivity index (χ2v) is 4.73. The largest absolute Gasteiger partial charge is 0.326 e. The average molecular weight is 257 g/mol. The lowest BCUT2D eigenvalue weighted by Crippen LogP contribution is -2.26. The summed E-state index contributed by atoms with van der Waals surface area (Å²) in [6.07, 6.45) is 6.16. The van der Waals surface area contributed by atoms with E-state index < -0.39 is 0 Å². The maximum Gasteiger partial charge on any atom is 0.109 e. The molecule has 0 amide bonds. The molecule has 0 saturated carbocycles. The predicted molar refractivity (Wildman–Crippen MR) is 79.3 cm³/mol. The van der Waals surface area contributed by atoms with Gasteiger partial charge >= 0.3 is 0 Å². The van der Waals surface area contributed by atoms with E-state index in [1.54, 1.807) is 0 Å². The summed E-state index contributed by atoms with van der Waals surface area (Å²) in [4.78, 5) is 4.50. The fourth-order valence-corrected chi connectivity index (χ4v) is 2.38. The Bertz CT molecular complexity index is 476. The number of hydrogen-bond donors (Lipinski definition) is 1. The van der Waals surface area contributed by atoms with Gasteiger partial charge in [-0.1, -0.05) is 44.2 Å². The highest BCUT2D eigenvalue weighted by atomic mass is 15.1. The molecule has 1 heterocycles. The summed E-state index contributed by atoms with van der Waals surface area (Å²) in [6, 6.07) is 11.0. The Morgan fingerprint density at radius 3 is 2.68 bits per heavy atom. The van der Waals surface area contributed by atoms with Crippen LogP contribution in [0.25, 0.3) is 0 Å². The van der Waals surface area contributed by atoms with Crippen LogP contribution in [0.4, 0.5) is 0 Å². The molecule has 2 aromatic rings. The van der Waals surface area contributed by atoms with Crippen molar-refractivity contribution in [3.63, 3.8) is 0 Å². The smallest absolute Gasteiger partial charge is 0.109 e. The molecule has 102 valence electrons.